The SMILES string of the molecule is CCc1ccc(CCC(=O)N(Cc2ccccc2C)[C@@H](Cc2ccccc2)C(=O)NC(C)C)cc1. The van der Waals surface area contributed by atoms with Gasteiger partial charge in [-0.05, 0) is 61.4 Å². The minimum atomic E-state index is -0.589. The summed E-state index contributed by atoms with van der Waals surface area (Å²) in [4.78, 5) is 28.9. The lowest BCUT2D eigenvalue weighted by Crippen LogP contribution is -2.51. The van der Waals surface area contributed by atoms with E-state index in [2.05, 4.69) is 36.5 Å². The van der Waals surface area contributed by atoms with Crippen LogP contribution < -0.4 is 5.32 Å². The Balaban J connectivity index is 1.89. The molecule has 0 aromatic heterocycles. The molecule has 0 unspecified atom stereocenters. The molecular formula is C31H38N2O2. The predicted octanol–water partition coefficient (Wildman–Crippen LogP) is 5.65. The number of nitrogens with zero attached hydrogens (tertiary/aromatic N) is 1. The second-order valence-electron chi connectivity index (χ2n) is 9.49. The fraction of sp³-hybridized carbons (Fsp3) is 0.355. The highest BCUT2D eigenvalue weighted by atomic mass is 16.2. The summed E-state index contributed by atoms with van der Waals surface area (Å²) in [6, 6.07) is 25.9. The molecule has 3 rings (SSSR count). The van der Waals surface area contributed by atoms with Crippen LogP contribution in [0.4, 0.5) is 0 Å². The van der Waals surface area contributed by atoms with E-state index < -0.39 is 6.04 Å². The lowest BCUT2D eigenvalue weighted by molar-refractivity contribution is -0.141. The van der Waals surface area contributed by atoms with Gasteiger partial charge in [-0.1, -0.05) is 85.8 Å². The topological polar surface area (TPSA) is 49.4 Å². The summed E-state index contributed by atoms with van der Waals surface area (Å²) in [5, 5.41) is 3.05. The molecule has 3 aromatic carbocycles. The van der Waals surface area contributed by atoms with Crippen molar-refractivity contribution < 1.29 is 9.59 Å². The van der Waals surface area contributed by atoms with Crippen LogP contribution in [0.3, 0.4) is 0 Å². The number of amides is 2. The number of nitrogens with one attached hydrogen (secondary N) is 1. The van der Waals surface area contributed by atoms with Crippen molar-refractivity contribution in [3.05, 3.63) is 107 Å². The molecule has 0 saturated carbocycles. The molecule has 0 heterocycles. The molecule has 0 aliphatic rings. The normalized spacial score (nSPS) is 11.8. The van der Waals surface area contributed by atoms with E-state index in [4.69, 9.17) is 0 Å². The third-order valence-corrected chi connectivity index (χ3v) is 6.36. The summed E-state index contributed by atoms with van der Waals surface area (Å²) in [7, 11) is 0. The Bertz CT molecular complexity index is 1090. The van der Waals surface area contributed by atoms with Gasteiger partial charge in [0.1, 0.15) is 6.04 Å². The molecule has 35 heavy (non-hydrogen) atoms. The molecule has 0 bridgehead atoms. The van der Waals surface area contributed by atoms with Crippen LogP contribution in [0.15, 0.2) is 78.9 Å². The molecule has 3 aromatic rings. The number of benzene rings is 3. The van der Waals surface area contributed by atoms with Crippen LogP contribution in [-0.4, -0.2) is 28.8 Å². The van der Waals surface area contributed by atoms with E-state index in [1.807, 2.05) is 75.4 Å². The predicted molar refractivity (Wildman–Crippen MR) is 143 cm³/mol. The molecule has 184 valence electrons. The monoisotopic (exact) mass is 470 g/mol. The standard InChI is InChI=1S/C31H38N2O2/c1-5-25-15-17-26(18-16-25)19-20-30(34)33(22-28-14-10-9-11-24(28)4)29(31(35)32-23(2)3)21-27-12-7-6-8-13-27/h6-18,23,29H,5,19-22H2,1-4H3,(H,32,35)/t29-/m0/s1. The summed E-state index contributed by atoms with van der Waals surface area (Å²) >= 11 is 0. The molecule has 4 nitrogen and oxygen atoms in total. The van der Waals surface area contributed by atoms with Gasteiger partial charge >= 0.3 is 0 Å². The van der Waals surface area contributed by atoms with Crippen LogP contribution in [-0.2, 0) is 35.4 Å². The van der Waals surface area contributed by atoms with Gasteiger partial charge in [-0.25, -0.2) is 0 Å². The maximum absolute atomic E-state index is 13.7. The van der Waals surface area contributed by atoms with Crippen molar-refractivity contribution >= 4 is 11.8 Å². The molecule has 0 spiro atoms. The zero-order valence-electron chi connectivity index (χ0n) is 21.5. The summed E-state index contributed by atoms with van der Waals surface area (Å²) in [6.07, 6.45) is 2.48. The molecule has 2 amide bonds. The molecule has 0 radical (unpaired) electrons. The Morgan fingerprint density at radius 2 is 1.46 bits per heavy atom. The fourth-order valence-corrected chi connectivity index (χ4v) is 4.24. The van der Waals surface area contributed by atoms with E-state index in [9.17, 15) is 9.59 Å². The van der Waals surface area contributed by atoms with Gasteiger partial charge in [0.2, 0.25) is 11.8 Å². The molecular weight excluding hydrogens is 432 g/mol. The van der Waals surface area contributed by atoms with Gasteiger partial charge in [0.05, 0.1) is 0 Å². The Hall–Kier alpha value is -3.40. The minimum absolute atomic E-state index is 0.00623. The Morgan fingerprint density at radius 1 is 0.829 bits per heavy atom. The molecule has 0 aliphatic heterocycles. The van der Waals surface area contributed by atoms with Crippen molar-refractivity contribution in [2.24, 2.45) is 0 Å². The summed E-state index contributed by atoms with van der Waals surface area (Å²) in [6.45, 7) is 8.49. The first-order chi connectivity index (χ1) is 16.9. The second kappa shape index (κ2) is 12.9. The number of carbonyl (C=O) groups is 2. The van der Waals surface area contributed by atoms with Crippen molar-refractivity contribution in [1.82, 2.24) is 10.2 Å². The van der Waals surface area contributed by atoms with Crippen LogP contribution in [0, 0.1) is 6.92 Å². The van der Waals surface area contributed by atoms with Gasteiger partial charge in [0.15, 0.2) is 0 Å². The van der Waals surface area contributed by atoms with Gasteiger partial charge < -0.3 is 10.2 Å². The molecule has 1 N–H and O–H groups in total. The average molecular weight is 471 g/mol. The number of carbonyl (C=O) groups excluding carboxylic acids is 2. The molecule has 1 atom stereocenters. The van der Waals surface area contributed by atoms with Crippen molar-refractivity contribution in [3.8, 4) is 0 Å². The van der Waals surface area contributed by atoms with E-state index >= 15 is 0 Å². The van der Waals surface area contributed by atoms with Gasteiger partial charge in [-0.2, -0.15) is 0 Å². The fourth-order valence-electron chi connectivity index (χ4n) is 4.24. The van der Waals surface area contributed by atoms with E-state index in [0.29, 0.717) is 25.8 Å². The van der Waals surface area contributed by atoms with E-state index in [0.717, 1.165) is 28.7 Å². The first-order valence-electron chi connectivity index (χ1n) is 12.6. The third kappa shape index (κ3) is 7.81. The van der Waals surface area contributed by atoms with Gasteiger partial charge in [0, 0.05) is 25.4 Å². The average Bonchev–Trinajstić information content (AvgIpc) is 2.86. The van der Waals surface area contributed by atoms with Crippen molar-refractivity contribution in [2.75, 3.05) is 0 Å². The maximum Gasteiger partial charge on any atom is 0.243 e. The molecule has 0 fully saturated rings. The van der Waals surface area contributed by atoms with Crippen LogP contribution in [0.2, 0.25) is 0 Å². The lowest BCUT2D eigenvalue weighted by atomic mass is 10.00. The lowest BCUT2D eigenvalue weighted by Gasteiger charge is -2.32. The van der Waals surface area contributed by atoms with Crippen molar-refractivity contribution in [2.45, 2.75) is 72.0 Å². The van der Waals surface area contributed by atoms with Crippen LogP contribution >= 0.6 is 0 Å². The zero-order valence-corrected chi connectivity index (χ0v) is 21.5. The van der Waals surface area contributed by atoms with E-state index in [-0.39, 0.29) is 17.9 Å². The van der Waals surface area contributed by atoms with Gasteiger partial charge in [-0.15, -0.1) is 0 Å². The number of rotatable bonds is 11. The number of hydrogen-bond acceptors (Lipinski definition) is 2. The van der Waals surface area contributed by atoms with Crippen LogP contribution in [0.5, 0.6) is 0 Å². The largest absolute Gasteiger partial charge is 0.352 e. The van der Waals surface area contributed by atoms with E-state index in [1.54, 1.807) is 4.90 Å². The van der Waals surface area contributed by atoms with Crippen LogP contribution in [0.1, 0.15) is 55.0 Å². The third-order valence-electron chi connectivity index (χ3n) is 6.36. The highest BCUT2D eigenvalue weighted by Gasteiger charge is 2.30. The summed E-state index contributed by atoms with van der Waals surface area (Å²) in [5.74, 6) is -0.120. The molecule has 4 heteroatoms. The highest BCUT2D eigenvalue weighted by Crippen LogP contribution is 2.19. The smallest absolute Gasteiger partial charge is 0.243 e. The van der Waals surface area contributed by atoms with Crippen molar-refractivity contribution in [1.29, 1.82) is 0 Å². The first kappa shape index (κ1) is 26.2. The maximum atomic E-state index is 13.7. The zero-order chi connectivity index (χ0) is 25.2. The van der Waals surface area contributed by atoms with Gasteiger partial charge in [-0.3, -0.25) is 9.59 Å². The Morgan fingerprint density at radius 3 is 2.09 bits per heavy atom. The summed E-state index contributed by atoms with van der Waals surface area (Å²) < 4.78 is 0. The second-order valence-corrected chi connectivity index (χ2v) is 9.49. The quantitative estimate of drug-likeness (QED) is 0.393. The number of aryl methyl sites for hydroxylation is 3. The molecule has 0 aliphatic carbocycles. The first-order valence-corrected chi connectivity index (χ1v) is 12.6. The minimum Gasteiger partial charge on any atom is -0.352 e. The van der Waals surface area contributed by atoms with Crippen LogP contribution in [0.25, 0.3) is 0 Å². The molecule has 0 saturated heterocycles. The van der Waals surface area contributed by atoms with Crippen molar-refractivity contribution in [3.63, 3.8) is 0 Å². The summed E-state index contributed by atoms with van der Waals surface area (Å²) in [5.41, 5.74) is 5.63. The van der Waals surface area contributed by atoms with E-state index in [1.165, 1.54) is 5.56 Å². The number of hydrogen-bond donors (Lipinski definition) is 1. The Labute approximate surface area is 210 Å². The Kier molecular flexibility index (Phi) is 9.66. The van der Waals surface area contributed by atoms with Gasteiger partial charge in [0.25, 0.3) is 0 Å². The highest BCUT2D eigenvalue weighted by molar-refractivity contribution is 5.88.